The number of benzene rings is 2. The number of H-pyrrole nitrogens is 1. The minimum Gasteiger partial charge on any atom is -0.480 e. The number of aromatic nitrogens is 4. The Hall–Kier alpha value is -3.08. The Labute approximate surface area is 181 Å². The van der Waals surface area contributed by atoms with Crippen LogP contribution in [0.3, 0.4) is 0 Å². The molecule has 0 saturated carbocycles. The molecule has 0 unspecified atom stereocenters. The molecule has 0 bridgehead atoms. The van der Waals surface area contributed by atoms with E-state index in [1.54, 1.807) is 24.3 Å². The molecule has 0 amide bonds. The maximum Gasteiger partial charge on any atom is 0.263 e. The van der Waals surface area contributed by atoms with E-state index in [0.29, 0.717) is 33.9 Å². The van der Waals surface area contributed by atoms with E-state index in [1.807, 2.05) is 0 Å². The first-order valence-corrected chi connectivity index (χ1v) is 10.7. The minimum atomic E-state index is -3.93. The van der Waals surface area contributed by atoms with Crippen molar-refractivity contribution in [2.75, 3.05) is 17.6 Å². The summed E-state index contributed by atoms with van der Waals surface area (Å²) in [6.07, 6.45) is 0. The van der Waals surface area contributed by atoms with E-state index in [-0.39, 0.29) is 20.8 Å². The van der Waals surface area contributed by atoms with Gasteiger partial charge in [0.1, 0.15) is 16.1 Å². The summed E-state index contributed by atoms with van der Waals surface area (Å²) in [5, 5.41) is 7.48. The van der Waals surface area contributed by atoms with Crippen molar-refractivity contribution < 1.29 is 13.2 Å². The first-order chi connectivity index (χ1) is 14.3. The third-order valence-electron chi connectivity index (χ3n) is 4.18. The fraction of sp³-hybridized carbons (Fsp3) is 0.0556. The van der Waals surface area contributed by atoms with Crippen molar-refractivity contribution in [2.45, 2.75) is 4.90 Å². The van der Waals surface area contributed by atoms with Gasteiger partial charge in [0.15, 0.2) is 11.5 Å². The molecule has 4 rings (SSSR count). The summed E-state index contributed by atoms with van der Waals surface area (Å²) in [7, 11) is -2.46. The molecule has 0 radical (unpaired) electrons. The molecule has 0 aliphatic rings. The lowest BCUT2D eigenvalue weighted by Crippen LogP contribution is -2.13. The van der Waals surface area contributed by atoms with E-state index in [2.05, 4.69) is 24.9 Å². The van der Waals surface area contributed by atoms with Gasteiger partial charge in [0.2, 0.25) is 5.88 Å². The van der Waals surface area contributed by atoms with Gasteiger partial charge in [-0.15, -0.1) is 0 Å². The molecule has 30 heavy (non-hydrogen) atoms. The summed E-state index contributed by atoms with van der Waals surface area (Å²) >= 11 is 11.9. The topological polar surface area (TPSA) is 136 Å². The summed E-state index contributed by atoms with van der Waals surface area (Å²) in [4.78, 5) is 8.60. The summed E-state index contributed by atoms with van der Waals surface area (Å²) in [6.45, 7) is 0. The predicted octanol–water partition coefficient (Wildman–Crippen LogP) is 3.72. The molecular formula is C18H14Cl2N6O3S. The molecule has 12 heteroatoms. The van der Waals surface area contributed by atoms with Gasteiger partial charge in [0.05, 0.1) is 12.1 Å². The van der Waals surface area contributed by atoms with E-state index in [9.17, 15) is 8.42 Å². The molecule has 4 N–H and O–H groups in total. The number of nitrogens with zero attached hydrogens (tertiary/aromatic N) is 3. The molecule has 2 heterocycles. The number of nitrogen functional groups attached to an aromatic ring is 1. The van der Waals surface area contributed by atoms with Gasteiger partial charge >= 0.3 is 0 Å². The highest BCUT2D eigenvalue weighted by Crippen LogP contribution is 2.30. The zero-order valence-corrected chi connectivity index (χ0v) is 17.7. The van der Waals surface area contributed by atoms with Crippen LogP contribution in [0.2, 0.25) is 10.0 Å². The number of rotatable bonds is 5. The molecule has 0 fully saturated rings. The lowest BCUT2D eigenvalue weighted by Gasteiger charge is -2.10. The van der Waals surface area contributed by atoms with Crippen molar-refractivity contribution in [3.05, 3.63) is 52.5 Å². The van der Waals surface area contributed by atoms with E-state index >= 15 is 0 Å². The van der Waals surface area contributed by atoms with E-state index in [0.717, 1.165) is 0 Å². The molecule has 4 aromatic rings. The van der Waals surface area contributed by atoms with Crippen LogP contribution in [0, 0.1) is 0 Å². The third kappa shape index (κ3) is 3.72. The third-order valence-corrected chi connectivity index (χ3v) is 6.28. The fourth-order valence-corrected chi connectivity index (χ4v) is 4.59. The Balaban J connectivity index is 1.65. The Kier molecular flexibility index (Phi) is 5.14. The van der Waals surface area contributed by atoms with Crippen LogP contribution in [0.25, 0.3) is 22.4 Å². The summed E-state index contributed by atoms with van der Waals surface area (Å²) in [6, 6.07) is 10.7. The second kappa shape index (κ2) is 7.63. The van der Waals surface area contributed by atoms with E-state index in [4.69, 9.17) is 33.7 Å². The average Bonchev–Trinajstić information content (AvgIpc) is 3.10. The zero-order chi connectivity index (χ0) is 21.5. The van der Waals surface area contributed by atoms with Crippen molar-refractivity contribution in [1.29, 1.82) is 0 Å². The van der Waals surface area contributed by atoms with Crippen LogP contribution in [0.5, 0.6) is 5.88 Å². The van der Waals surface area contributed by atoms with Gasteiger partial charge in [0, 0.05) is 16.3 Å². The zero-order valence-electron chi connectivity index (χ0n) is 15.3. The molecule has 0 aliphatic carbocycles. The highest BCUT2D eigenvalue weighted by Gasteiger charge is 2.19. The first-order valence-electron chi connectivity index (χ1n) is 8.42. The van der Waals surface area contributed by atoms with E-state index < -0.39 is 10.0 Å². The Bertz CT molecular complexity index is 1360. The van der Waals surface area contributed by atoms with Crippen molar-refractivity contribution in [1.82, 2.24) is 20.2 Å². The Morgan fingerprint density at radius 1 is 1.10 bits per heavy atom. The standard InChI is InChI=1S/C18H14Cl2N6O3S/c1-29-18-14-15(21)24-25-17(14)22-16(23-18)9-2-5-11(6-3-9)26-30(27,28)13-8-10(19)4-7-12(13)20/h2-8,26H,1H3,(H3,21,22,23,24,25). The highest BCUT2D eigenvalue weighted by atomic mass is 35.5. The van der Waals surface area contributed by atoms with Crippen LogP contribution in [0.15, 0.2) is 47.4 Å². The summed E-state index contributed by atoms with van der Waals surface area (Å²) in [5.41, 5.74) is 7.13. The number of fused-ring (bicyclic) bond motifs is 1. The second-order valence-corrected chi connectivity index (χ2v) is 8.64. The SMILES string of the molecule is COc1nc(-c2ccc(NS(=O)(=O)c3cc(Cl)ccc3Cl)cc2)nc2n[nH]c(N)c12. The number of hydrogen-bond donors (Lipinski definition) is 3. The number of aromatic amines is 1. The molecular weight excluding hydrogens is 451 g/mol. The van der Waals surface area contributed by atoms with Crippen LogP contribution in [-0.2, 0) is 10.0 Å². The normalized spacial score (nSPS) is 11.6. The molecule has 0 atom stereocenters. The van der Waals surface area contributed by atoms with Crippen molar-refractivity contribution >= 4 is 55.8 Å². The number of nitrogens with one attached hydrogen (secondary N) is 2. The quantitative estimate of drug-likeness (QED) is 0.409. The van der Waals surface area contributed by atoms with Crippen molar-refractivity contribution in [2.24, 2.45) is 0 Å². The van der Waals surface area contributed by atoms with Crippen molar-refractivity contribution in [3.8, 4) is 17.3 Å². The van der Waals surface area contributed by atoms with Gasteiger partial charge < -0.3 is 10.5 Å². The van der Waals surface area contributed by atoms with Crippen LogP contribution in [0.1, 0.15) is 0 Å². The maximum atomic E-state index is 12.6. The smallest absolute Gasteiger partial charge is 0.263 e. The van der Waals surface area contributed by atoms with E-state index in [1.165, 1.54) is 25.3 Å². The summed E-state index contributed by atoms with van der Waals surface area (Å²) < 4.78 is 33.0. The number of sulfonamides is 1. The molecule has 0 saturated heterocycles. The number of halogens is 2. The predicted molar refractivity (Wildman–Crippen MR) is 115 cm³/mol. The largest absolute Gasteiger partial charge is 0.480 e. The maximum absolute atomic E-state index is 12.6. The first kappa shape index (κ1) is 20.2. The molecule has 0 spiro atoms. The molecule has 2 aromatic heterocycles. The second-order valence-electron chi connectivity index (χ2n) is 6.15. The molecule has 9 nitrogen and oxygen atoms in total. The molecule has 154 valence electrons. The number of nitrogens with two attached hydrogens (primary N) is 1. The Morgan fingerprint density at radius 3 is 2.53 bits per heavy atom. The average molecular weight is 465 g/mol. The molecule has 2 aromatic carbocycles. The van der Waals surface area contributed by atoms with Gasteiger partial charge in [-0.1, -0.05) is 23.2 Å². The van der Waals surface area contributed by atoms with Crippen LogP contribution >= 0.6 is 23.2 Å². The van der Waals surface area contributed by atoms with Crippen LogP contribution in [-0.4, -0.2) is 35.7 Å². The lowest BCUT2D eigenvalue weighted by atomic mass is 10.2. The van der Waals surface area contributed by atoms with Gasteiger partial charge in [-0.3, -0.25) is 9.82 Å². The number of methoxy groups -OCH3 is 1. The summed E-state index contributed by atoms with van der Waals surface area (Å²) in [5.74, 6) is 0.928. The van der Waals surface area contributed by atoms with Gasteiger partial charge in [-0.05, 0) is 42.5 Å². The number of hydrogen-bond acceptors (Lipinski definition) is 7. The number of anilines is 2. The Morgan fingerprint density at radius 2 is 1.83 bits per heavy atom. The van der Waals surface area contributed by atoms with Crippen LogP contribution in [0.4, 0.5) is 11.5 Å². The molecule has 0 aliphatic heterocycles. The lowest BCUT2D eigenvalue weighted by molar-refractivity contribution is 0.403. The monoisotopic (exact) mass is 464 g/mol. The van der Waals surface area contributed by atoms with Gasteiger partial charge in [-0.2, -0.15) is 10.1 Å². The highest BCUT2D eigenvalue weighted by molar-refractivity contribution is 7.92. The van der Waals surface area contributed by atoms with Crippen LogP contribution < -0.4 is 15.2 Å². The number of ether oxygens (including phenoxy) is 1. The van der Waals surface area contributed by atoms with Gasteiger partial charge in [0.25, 0.3) is 10.0 Å². The van der Waals surface area contributed by atoms with Crippen molar-refractivity contribution in [3.63, 3.8) is 0 Å². The fourth-order valence-electron chi connectivity index (χ4n) is 2.77. The van der Waals surface area contributed by atoms with Gasteiger partial charge in [-0.25, -0.2) is 13.4 Å². The minimum absolute atomic E-state index is 0.0654.